The van der Waals surface area contributed by atoms with Crippen LogP contribution in [0.4, 0.5) is 0 Å². The smallest absolute Gasteiger partial charge is 0.228 e. The number of hydrogen-bond donors (Lipinski definition) is 1. The molecule has 2 unspecified atom stereocenters. The lowest BCUT2D eigenvalue weighted by atomic mass is 10.1. The van der Waals surface area contributed by atoms with E-state index in [1.807, 2.05) is 6.92 Å². The summed E-state index contributed by atoms with van der Waals surface area (Å²) >= 11 is 0. The van der Waals surface area contributed by atoms with Gasteiger partial charge in [-0.25, -0.2) is 8.42 Å². The monoisotopic (exact) mass is 259 g/mol. The molecular weight excluding hydrogens is 242 g/mol. The Kier molecular flexibility index (Phi) is 3.48. The molecule has 0 aliphatic carbocycles. The standard InChI is InChI=1S/C10H17N3O3S/c1-7(11)5-9-12-10(13-16-9)8-3-2-4-17(14,15)6-8/h7-8H,2-6,11H2,1H3. The van der Waals surface area contributed by atoms with E-state index < -0.39 is 9.84 Å². The van der Waals surface area contributed by atoms with E-state index in [-0.39, 0.29) is 23.5 Å². The number of hydrogen-bond acceptors (Lipinski definition) is 6. The maximum absolute atomic E-state index is 11.5. The third-order valence-electron chi connectivity index (χ3n) is 2.81. The number of nitrogens with zero attached hydrogens (tertiary/aromatic N) is 2. The molecule has 17 heavy (non-hydrogen) atoms. The molecule has 1 aromatic rings. The van der Waals surface area contributed by atoms with Crippen molar-refractivity contribution in [1.82, 2.24) is 10.1 Å². The highest BCUT2D eigenvalue weighted by molar-refractivity contribution is 7.91. The Balaban J connectivity index is 2.09. The van der Waals surface area contributed by atoms with Crippen molar-refractivity contribution in [3.8, 4) is 0 Å². The summed E-state index contributed by atoms with van der Waals surface area (Å²) in [6, 6.07) is -0.0432. The van der Waals surface area contributed by atoms with E-state index in [0.717, 1.165) is 6.42 Å². The van der Waals surface area contributed by atoms with E-state index in [1.54, 1.807) is 0 Å². The lowest BCUT2D eigenvalue weighted by molar-refractivity contribution is 0.363. The molecule has 0 spiro atoms. The highest BCUT2D eigenvalue weighted by Crippen LogP contribution is 2.26. The van der Waals surface area contributed by atoms with Gasteiger partial charge in [-0.05, 0) is 19.8 Å². The molecule has 1 saturated heterocycles. The van der Waals surface area contributed by atoms with Crippen molar-refractivity contribution in [2.24, 2.45) is 5.73 Å². The zero-order chi connectivity index (χ0) is 12.5. The van der Waals surface area contributed by atoms with Gasteiger partial charge in [0.1, 0.15) is 0 Å². The molecule has 1 aromatic heterocycles. The third kappa shape index (κ3) is 3.26. The predicted molar refractivity (Wildman–Crippen MR) is 62.3 cm³/mol. The zero-order valence-corrected chi connectivity index (χ0v) is 10.6. The molecule has 1 aliphatic rings. The predicted octanol–water partition coefficient (Wildman–Crippen LogP) is 0.252. The van der Waals surface area contributed by atoms with Crippen LogP contribution in [0, 0.1) is 0 Å². The summed E-state index contributed by atoms with van der Waals surface area (Å²) in [7, 11) is -2.94. The van der Waals surface area contributed by atoms with Crippen molar-refractivity contribution in [3.05, 3.63) is 11.7 Å². The van der Waals surface area contributed by atoms with Gasteiger partial charge >= 0.3 is 0 Å². The molecule has 0 bridgehead atoms. The maximum Gasteiger partial charge on any atom is 0.228 e. The lowest BCUT2D eigenvalue weighted by Crippen LogP contribution is -2.24. The van der Waals surface area contributed by atoms with Gasteiger partial charge in [-0.1, -0.05) is 5.16 Å². The van der Waals surface area contributed by atoms with E-state index in [0.29, 0.717) is 24.6 Å². The SMILES string of the molecule is CC(N)Cc1nc(C2CCCS(=O)(=O)C2)no1. The molecule has 1 fully saturated rings. The Hall–Kier alpha value is -0.950. The van der Waals surface area contributed by atoms with Crippen LogP contribution >= 0.6 is 0 Å². The van der Waals surface area contributed by atoms with Crippen LogP contribution in [0.5, 0.6) is 0 Å². The van der Waals surface area contributed by atoms with Crippen molar-refractivity contribution in [2.75, 3.05) is 11.5 Å². The van der Waals surface area contributed by atoms with Crippen LogP contribution < -0.4 is 5.73 Å². The van der Waals surface area contributed by atoms with E-state index in [1.165, 1.54) is 0 Å². The van der Waals surface area contributed by atoms with Gasteiger partial charge in [-0.3, -0.25) is 0 Å². The molecule has 7 heteroatoms. The Labute approximate surface area is 100 Å². The second-order valence-corrected chi connectivity index (χ2v) is 6.91. The number of nitrogens with two attached hydrogens (primary N) is 1. The molecule has 0 radical (unpaired) electrons. The molecule has 2 atom stereocenters. The Morgan fingerprint density at radius 1 is 1.59 bits per heavy atom. The fourth-order valence-electron chi connectivity index (χ4n) is 2.02. The van der Waals surface area contributed by atoms with Gasteiger partial charge in [-0.2, -0.15) is 4.98 Å². The van der Waals surface area contributed by atoms with Crippen molar-refractivity contribution in [3.63, 3.8) is 0 Å². The molecule has 6 nitrogen and oxygen atoms in total. The normalized spacial score (nSPS) is 25.6. The van der Waals surface area contributed by atoms with Gasteiger partial charge in [0.25, 0.3) is 0 Å². The Bertz CT molecular complexity index is 481. The summed E-state index contributed by atoms with van der Waals surface area (Å²) < 4.78 is 28.1. The van der Waals surface area contributed by atoms with Crippen molar-refractivity contribution in [2.45, 2.75) is 38.1 Å². The minimum Gasteiger partial charge on any atom is -0.339 e. The first-order chi connectivity index (χ1) is 7.96. The van der Waals surface area contributed by atoms with Gasteiger partial charge in [-0.15, -0.1) is 0 Å². The van der Waals surface area contributed by atoms with Gasteiger partial charge in [0.05, 0.1) is 11.5 Å². The molecule has 0 amide bonds. The third-order valence-corrected chi connectivity index (χ3v) is 4.63. The van der Waals surface area contributed by atoms with Crippen LogP contribution in [-0.4, -0.2) is 36.1 Å². The Morgan fingerprint density at radius 3 is 3.00 bits per heavy atom. The topological polar surface area (TPSA) is 99.1 Å². The van der Waals surface area contributed by atoms with Crippen molar-refractivity contribution < 1.29 is 12.9 Å². The molecule has 0 aromatic carbocycles. The fourth-order valence-corrected chi connectivity index (χ4v) is 3.72. The zero-order valence-electron chi connectivity index (χ0n) is 9.80. The van der Waals surface area contributed by atoms with Gasteiger partial charge in [0.15, 0.2) is 15.7 Å². The number of aromatic nitrogens is 2. The molecule has 1 aliphatic heterocycles. The summed E-state index contributed by atoms with van der Waals surface area (Å²) in [6.45, 7) is 1.86. The van der Waals surface area contributed by atoms with Crippen LogP contribution in [0.2, 0.25) is 0 Å². The fraction of sp³-hybridized carbons (Fsp3) is 0.800. The second kappa shape index (κ2) is 4.73. The van der Waals surface area contributed by atoms with E-state index in [9.17, 15) is 8.42 Å². The molecular formula is C10H17N3O3S. The van der Waals surface area contributed by atoms with Crippen LogP contribution in [-0.2, 0) is 16.3 Å². The van der Waals surface area contributed by atoms with Crippen LogP contribution in [0.25, 0.3) is 0 Å². The average Bonchev–Trinajstić information content (AvgIpc) is 2.63. The summed E-state index contributed by atoms with van der Waals surface area (Å²) in [5, 5.41) is 3.85. The molecule has 2 rings (SSSR count). The minimum absolute atomic E-state index is 0.0432. The molecule has 2 N–H and O–H groups in total. The lowest BCUT2D eigenvalue weighted by Gasteiger charge is -2.18. The van der Waals surface area contributed by atoms with Crippen LogP contribution in [0.3, 0.4) is 0 Å². The van der Waals surface area contributed by atoms with E-state index >= 15 is 0 Å². The van der Waals surface area contributed by atoms with Gasteiger partial charge in [0, 0.05) is 18.4 Å². The van der Waals surface area contributed by atoms with Crippen LogP contribution in [0.15, 0.2) is 4.52 Å². The average molecular weight is 259 g/mol. The van der Waals surface area contributed by atoms with Crippen molar-refractivity contribution in [1.29, 1.82) is 0 Å². The van der Waals surface area contributed by atoms with Crippen LogP contribution in [0.1, 0.15) is 37.4 Å². The molecule has 2 heterocycles. The maximum atomic E-state index is 11.5. The van der Waals surface area contributed by atoms with Gasteiger partial charge < -0.3 is 10.3 Å². The first kappa shape index (κ1) is 12.5. The van der Waals surface area contributed by atoms with E-state index in [2.05, 4.69) is 10.1 Å². The number of rotatable bonds is 3. The highest BCUT2D eigenvalue weighted by Gasteiger charge is 2.29. The van der Waals surface area contributed by atoms with Gasteiger partial charge in [0.2, 0.25) is 5.89 Å². The first-order valence-corrected chi connectivity index (χ1v) is 7.57. The highest BCUT2D eigenvalue weighted by atomic mass is 32.2. The first-order valence-electron chi connectivity index (χ1n) is 5.75. The Morgan fingerprint density at radius 2 is 2.35 bits per heavy atom. The quantitative estimate of drug-likeness (QED) is 0.835. The summed E-state index contributed by atoms with van der Waals surface area (Å²) in [4.78, 5) is 4.22. The summed E-state index contributed by atoms with van der Waals surface area (Å²) in [6.07, 6.45) is 1.99. The second-order valence-electron chi connectivity index (χ2n) is 4.68. The van der Waals surface area contributed by atoms with E-state index in [4.69, 9.17) is 10.3 Å². The van der Waals surface area contributed by atoms with Crippen molar-refractivity contribution >= 4 is 9.84 Å². The minimum atomic E-state index is -2.94. The summed E-state index contributed by atoms with van der Waals surface area (Å²) in [5.41, 5.74) is 5.63. The largest absolute Gasteiger partial charge is 0.339 e. The molecule has 96 valence electrons. The summed E-state index contributed by atoms with van der Waals surface area (Å²) in [5.74, 6) is 1.26. The molecule has 0 saturated carbocycles. The number of sulfone groups is 1.